The summed E-state index contributed by atoms with van der Waals surface area (Å²) < 4.78 is 5.83. The van der Waals surface area contributed by atoms with Crippen LogP contribution >= 0.6 is 23.2 Å². The Morgan fingerprint density at radius 2 is 1.76 bits per heavy atom. The molecule has 0 radical (unpaired) electrons. The van der Waals surface area contributed by atoms with E-state index in [1.807, 2.05) is 30.3 Å². The fraction of sp³-hybridized carbons (Fsp3) is 0. The van der Waals surface area contributed by atoms with E-state index in [0.29, 0.717) is 21.5 Å². The first-order chi connectivity index (χ1) is 14.0. The molecule has 0 aliphatic carbocycles. The summed E-state index contributed by atoms with van der Waals surface area (Å²) in [6.07, 6.45) is 1.19. The largest absolute Gasteiger partial charge is 0.433 e. The van der Waals surface area contributed by atoms with Crippen LogP contribution in [0.3, 0.4) is 0 Å². The molecule has 0 atom stereocenters. The van der Waals surface area contributed by atoms with Gasteiger partial charge in [-0.15, -0.1) is 0 Å². The maximum absolute atomic E-state index is 11.8. The Morgan fingerprint density at radius 3 is 2.55 bits per heavy atom. The van der Waals surface area contributed by atoms with Gasteiger partial charge in [-0.05, 0) is 29.7 Å². The molecule has 29 heavy (non-hydrogen) atoms. The molecule has 144 valence electrons. The van der Waals surface area contributed by atoms with E-state index >= 15 is 0 Å². The zero-order valence-electron chi connectivity index (χ0n) is 14.7. The van der Waals surface area contributed by atoms with Crippen molar-refractivity contribution in [2.75, 3.05) is 5.32 Å². The van der Waals surface area contributed by atoms with Crippen molar-refractivity contribution in [2.24, 2.45) is 0 Å². The smallest absolute Gasteiger partial charge is 0.373 e. The fourth-order valence-corrected chi connectivity index (χ4v) is 3.09. The molecule has 7 nitrogen and oxygen atoms in total. The summed E-state index contributed by atoms with van der Waals surface area (Å²) in [6.45, 7) is 0. The number of nitrogens with zero attached hydrogens (tertiary/aromatic N) is 3. The van der Waals surface area contributed by atoms with Gasteiger partial charge in [0.25, 0.3) is 0 Å². The molecule has 0 amide bonds. The van der Waals surface area contributed by atoms with Gasteiger partial charge in [0.2, 0.25) is 5.82 Å². The van der Waals surface area contributed by atoms with Gasteiger partial charge in [-0.3, -0.25) is 10.1 Å². The molecule has 1 aromatic heterocycles. The van der Waals surface area contributed by atoms with Crippen LogP contribution in [0, 0.1) is 10.1 Å². The summed E-state index contributed by atoms with van der Waals surface area (Å²) in [5.74, 6) is 0.243. The quantitative estimate of drug-likeness (QED) is 0.294. The Hall–Kier alpha value is -3.42. The monoisotopic (exact) mass is 426 g/mol. The molecule has 0 fully saturated rings. The molecule has 0 saturated heterocycles. The predicted octanol–water partition coefficient (Wildman–Crippen LogP) is 6.38. The van der Waals surface area contributed by atoms with Gasteiger partial charge in [0, 0.05) is 11.1 Å². The third-order valence-electron chi connectivity index (χ3n) is 4.11. The van der Waals surface area contributed by atoms with Crippen LogP contribution < -0.4 is 10.1 Å². The molecule has 9 heteroatoms. The third-order valence-corrected chi connectivity index (χ3v) is 4.85. The highest BCUT2D eigenvalue weighted by molar-refractivity contribution is 6.42. The molecular weight excluding hydrogens is 415 g/mol. The highest BCUT2D eigenvalue weighted by atomic mass is 35.5. The zero-order valence-corrected chi connectivity index (χ0v) is 16.2. The number of halogens is 2. The summed E-state index contributed by atoms with van der Waals surface area (Å²) in [5, 5.41) is 17.1. The molecule has 4 aromatic rings. The number of anilines is 2. The lowest BCUT2D eigenvalue weighted by Crippen LogP contribution is -2.03. The Bertz CT molecular complexity index is 1230. The van der Waals surface area contributed by atoms with E-state index in [9.17, 15) is 10.1 Å². The highest BCUT2D eigenvalue weighted by Gasteiger charge is 2.25. The number of hydrogen-bond acceptors (Lipinski definition) is 6. The van der Waals surface area contributed by atoms with Crippen LogP contribution in [0.5, 0.6) is 11.6 Å². The van der Waals surface area contributed by atoms with E-state index in [4.69, 9.17) is 27.9 Å². The van der Waals surface area contributed by atoms with E-state index in [2.05, 4.69) is 15.3 Å². The fourth-order valence-electron chi connectivity index (χ4n) is 2.79. The maximum atomic E-state index is 11.8. The Morgan fingerprint density at radius 1 is 0.966 bits per heavy atom. The molecule has 1 N–H and O–H groups in total. The Balaban J connectivity index is 1.75. The van der Waals surface area contributed by atoms with Crippen molar-refractivity contribution in [3.8, 4) is 11.6 Å². The summed E-state index contributed by atoms with van der Waals surface area (Å²) in [6, 6.07) is 17.8. The number of rotatable bonds is 5. The van der Waals surface area contributed by atoms with Crippen LogP contribution in [0.25, 0.3) is 10.8 Å². The van der Waals surface area contributed by atoms with Crippen LogP contribution in [-0.4, -0.2) is 14.9 Å². The molecule has 1 heterocycles. The minimum atomic E-state index is -0.597. The normalized spacial score (nSPS) is 10.7. The maximum Gasteiger partial charge on any atom is 0.373 e. The van der Waals surface area contributed by atoms with Gasteiger partial charge in [0.15, 0.2) is 0 Å². The minimum Gasteiger partial charge on any atom is -0.433 e. The molecule has 0 aliphatic heterocycles. The summed E-state index contributed by atoms with van der Waals surface area (Å²) >= 11 is 11.9. The van der Waals surface area contributed by atoms with E-state index in [-0.39, 0.29) is 11.7 Å². The topological polar surface area (TPSA) is 90.2 Å². The molecular formula is C20H12Cl2N4O3. The number of ether oxygens (including phenoxy) is 1. The van der Waals surface area contributed by atoms with Gasteiger partial charge in [0.1, 0.15) is 12.1 Å². The van der Waals surface area contributed by atoms with Crippen molar-refractivity contribution in [3.05, 3.63) is 87.2 Å². The molecule has 0 spiro atoms. The van der Waals surface area contributed by atoms with E-state index in [1.165, 1.54) is 6.33 Å². The Labute approximate surface area is 175 Å². The number of nitrogens with one attached hydrogen (secondary N) is 1. The summed E-state index contributed by atoms with van der Waals surface area (Å²) in [4.78, 5) is 19.1. The van der Waals surface area contributed by atoms with E-state index < -0.39 is 10.6 Å². The second kappa shape index (κ2) is 7.90. The van der Waals surface area contributed by atoms with Crippen molar-refractivity contribution in [2.45, 2.75) is 0 Å². The van der Waals surface area contributed by atoms with E-state index in [0.717, 1.165) is 10.8 Å². The molecule has 0 unspecified atom stereocenters. The number of aromatic nitrogens is 2. The Kier molecular flexibility index (Phi) is 5.16. The zero-order chi connectivity index (χ0) is 20.4. The summed E-state index contributed by atoms with van der Waals surface area (Å²) in [7, 11) is 0. The van der Waals surface area contributed by atoms with E-state index in [1.54, 1.807) is 30.3 Å². The van der Waals surface area contributed by atoms with Gasteiger partial charge in [0.05, 0.1) is 15.0 Å². The van der Waals surface area contributed by atoms with Crippen molar-refractivity contribution < 1.29 is 9.66 Å². The summed E-state index contributed by atoms with van der Waals surface area (Å²) in [5.41, 5.74) is 0.0869. The average Bonchev–Trinajstić information content (AvgIpc) is 2.71. The first-order valence-electron chi connectivity index (χ1n) is 8.40. The second-order valence-electron chi connectivity index (χ2n) is 5.97. The molecule has 4 rings (SSSR count). The van der Waals surface area contributed by atoms with Crippen molar-refractivity contribution in [1.82, 2.24) is 9.97 Å². The first kappa shape index (κ1) is 18.9. The predicted molar refractivity (Wildman–Crippen MR) is 112 cm³/mol. The van der Waals surface area contributed by atoms with Gasteiger partial charge in [-0.1, -0.05) is 59.6 Å². The van der Waals surface area contributed by atoms with Crippen molar-refractivity contribution in [3.63, 3.8) is 0 Å². The number of nitro groups is 1. The minimum absolute atomic E-state index is 0.0291. The van der Waals surface area contributed by atoms with Gasteiger partial charge in [-0.25, -0.2) is 4.98 Å². The SMILES string of the molecule is O=[N+]([O-])c1c(Nc2ccc(Cl)c(Cl)c2)ncnc1Oc1cccc2ccccc12. The molecule has 3 aromatic carbocycles. The van der Waals surface area contributed by atoms with Crippen LogP contribution in [0.15, 0.2) is 67.0 Å². The second-order valence-corrected chi connectivity index (χ2v) is 6.78. The highest BCUT2D eigenvalue weighted by Crippen LogP contribution is 2.38. The molecule has 0 aliphatic rings. The van der Waals surface area contributed by atoms with Crippen molar-refractivity contribution in [1.29, 1.82) is 0 Å². The lowest BCUT2D eigenvalue weighted by molar-refractivity contribution is -0.385. The number of fused-ring (bicyclic) bond motifs is 1. The van der Waals surface area contributed by atoms with Crippen molar-refractivity contribution >= 4 is 51.2 Å². The number of benzene rings is 3. The number of hydrogen-bond donors (Lipinski definition) is 1. The van der Waals surface area contributed by atoms with Gasteiger partial charge >= 0.3 is 11.6 Å². The van der Waals surface area contributed by atoms with Gasteiger partial charge in [-0.2, -0.15) is 4.98 Å². The van der Waals surface area contributed by atoms with Gasteiger partial charge < -0.3 is 10.1 Å². The first-order valence-corrected chi connectivity index (χ1v) is 9.15. The average molecular weight is 427 g/mol. The standard InChI is InChI=1S/C20H12Cl2N4O3/c21-15-9-8-13(10-16(15)22)25-19-18(26(27)28)20(24-11-23-19)29-17-7-3-5-12-4-1-2-6-14(12)17/h1-11H,(H,23,24,25). The van der Waals surface area contributed by atoms with Crippen LogP contribution in [-0.2, 0) is 0 Å². The third kappa shape index (κ3) is 3.91. The lowest BCUT2D eigenvalue weighted by atomic mass is 10.1. The lowest BCUT2D eigenvalue weighted by Gasteiger charge is -2.11. The molecule has 0 bridgehead atoms. The molecule has 0 saturated carbocycles. The van der Waals surface area contributed by atoms with Crippen LogP contribution in [0.2, 0.25) is 10.0 Å². The van der Waals surface area contributed by atoms with Crippen LogP contribution in [0.1, 0.15) is 0 Å². The van der Waals surface area contributed by atoms with Crippen LogP contribution in [0.4, 0.5) is 17.2 Å².